The third-order valence-electron chi connectivity index (χ3n) is 12.0. The molecule has 13 rings (SSSR count). The second-order valence-corrected chi connectivity index (χ2v) is 18.4. The fourth-order valence-electron chi connectivity index (χ4n) is 7.17. The summed E-state index contributed by atoms with van der Waals surface area (Å²) in [7, 11) is 4.59. The molecule has 0 fully saturated rings. The molecule has 0 spiro atoms. The van der Waals surface area contributed by atoms with E-state index >= 15 is 0 Å². The van der Waals surface area contributed by atoms with E-state index in [4.69, 9.17) is 26.1 Å². The maximum Gasteiger partial charge on any atom is 0.333 e. The number of H-pyrrole nitrogens is 3. The summed E-state index contributed by atoms with van der Waals surface area (Å²) in [5, 5.41) is 10.2. The highest BCUT2D eigenvalue weighted by molar-refractivity contribution is 7.88. The number of para-hydroxylation sites is 5. The summed E-state index contributed by atoms with van der Waals surface area (Å²) < 4.78 is 7.53. The zero-order valence-electron chi connectivity index (χ0n) is 50.6. The number of nitrogens with zero attached hydrogens (tertiary/aromatic N) is 7. The topological polar surface area (TPSA) is 150 Å². The summed E-state index contributed by atoms with van der Waals surface area (Å²) in [4.78, 5) is 31.4. The minimum atomic E-state index is 0.748. The first-order valence-electron chi connectivity index (χ1n) is 27.2. The van der Waals surface area contributed by atoms with Crippen molar-refractivity contribution < 1.29 is 9.89 Å². The van der Waals surface area contributed by atoms with Crippen LogP contribution in [-0.2, 0) is 24.6 Å². The molecule has 6 N–H and O–H groups in total. The van der Waals surface area contributed by atoms with Crippen LogP contribution >= 0.6 is 21.4 Å². The highest BCUT2D eigenvalue weighted by Crippen LogP contribution is 2.23. The Bertz CT molecular complexity index is 3490. The van der Waals surface area contributed by atoms with Crippen molar-refractivity contribution in [2.24, 2.45) is 9.98 Å². The average Bonchev–Trinajstić information content (AvgIpc) is 4.58. The molecule has 0 saturated carbocycles. The number of fused-ring (bicyclic) bond motifs is 3. The standard InChI is InChI=1S/C9H8.5C8H7N.C8H9N.C5H8N2.2C4H6N2.HPS.H2S/c1-3-9-7-5-4-6-8(9)2;3*1-2-4-8-7(3-1)5-6-9-8;2*1-7-5-3-4-6-8(7)9-2;1-7-3-2-4-8(5-7)6-9;1-5-3-6-4-7(5)2;2*1-4-2-5-3-6-4;1-2;/h1,4-7H,2H3;2*1-4,6H,5H2;1-6,9H;2*3-6H,1H3;2-6,9H,1H3;3-4H,1-2H3;2*2-3H,1H3,(H,5,6);1H;1H2/p+2/i/hD. The van der Waals surface area contributed by atoms with Gasteiger partial charge in [-0.3, -0.25) is 9.98 Å². The van der Waals surface area contributed by atoms with Crippen LogP contribution < -0.4 is 5.32 Å². The van der Waals surface area contributed by atoms with Gasteiger partial charge in [0.15, 0.2) is 17.6 Å². The monoisotopic (exact) mass is 1180 g/mol. The van der Waals surface area contributed by atoms with Crippen molar-refractivity contribution in [2.45, 2.75) is 61.3 Å². The lowest BCUT2D eigenvalue weighted by Gasteiger charge is -1.92. The van der Waals surface area contributed by atoms with Crippen LogP contribution in [-0.4, -0.2) is 62.6 Å². The molecule has 3 aliphatic heterocycles. The third-order valence-corrected chi connectivity index (χ3v) is 12.0. The number of aromatic amines is 3. The van der Waals surface area contributed by atoms with Crippen LogP contribution in [0.1, 0.15) is 62.8 Å². The number of quaternary nitrogens is 1. The van der Waals surface area contributed by atoms with Crippen molar-refractivity contribution in [1.82, 2.24) is 24.9 Å². The smallest absolute Gasteiger partial charge is 0.333 e. The highest BCUT2D eigenvalue weighted by atomic mass is 32.4. The van der Waals surface area contributed by atoms with Gasteiger partial charge in [-0.25, -0.2) is 25.0 Å². The van der Waals surface area contributed by atoms with E-state index < -0.39 is 0 Å². The van der Waals surface area contributed by atoms with E-state index in [0.717, 1.165) is 69.2 Å². The van der Waals surface area contributed by atoms with Gasteiger partial charge in [0.2, 0.25) is 5.70 Å². The predicted octanol–water partition coefficient (Wildman–Crippen LogP) is 16.4. The van der Waals surface area contributed by atoms with Crippen LogP contribution in [0.15, 0.2) is 229 Å². The van der Waals surface area contributed by atoms with Gasteiger partial charge in [-0.15, -0.1) is 6.42 Å². The Labute approximate surface area is 518 Å². The van der Waals surface area contributed by atoms with Gasteiger partial charge < -0.3 is 20.4 Å². The normalized spacial score (nSPS) is 10.6. The second-order valence-electron chi connectivity index (χ2n) is 18.4. The second kappa shape index (κ2) is 43.0. The van der Waals surface area contributed by atoms with Crippen LogP contribution in [0, 0.1) is 72.4 Å². The number of aliphatic imine (C=N–C) groups is 2. The lowest BCUT2D eigenvalue weighted by atomic mass is 10.1. The van der Waals surface area contributed by atoms with Crippen molar-refractivity contribution in [3.8, 4) is 12.3 Å². The van der Waals surface area contributed by atoms with E-state index in [1.54, 1.807) is 25.0 Å². The summed E-state index contributed by atoms with van der Waals surface area (Å²) >= 11 is 6.67. The fourth-order valence-corrected chi connectivity index (χ4v) is 7.17. The maximum absolute atomic E-state index is 6.92. The number of rotatable bonds is 1. The summed E-state index contributed by atoms with van der Waals surface area (Å²) in [6.45, 7) is 27.3. The van der Waals surface area contributed by atoms with Crippen molar-refractivity contribution in [1.29, 1.82) is 6.53 Å². The molecular weight excluding hydrogens is 1100 g/mol. The Balaban J connectivity index is 0.000000325. The van der Waals surface area contributed by atoms with E-state index in [2.05, 4.69) is 132 Å². The number of aromatic nitrogens is 5. The number of nitrogens with one attached hydrogen (secondary N) is 4. The largest absolute Gasteiger partial charge is 0.361 e. The van der Waals surface area contributed by atoms with Gasteiger partial charge >= 0.3 is 6.34 Å². The van der Waals surface area contributed by atoms with Crippen LogP contribution in [0.5, 0.6) is 0 Å². The Kier molecular flexibility index (Phi) is 35.2. The Morgan fingerprint density at radius 3 is 1.46 bits per heavy atom. The van der Waals surface area contributed by atoms with Crippen molar-refractivity contribution in [2.75, 3.05) is 7.05 Å². The van der Waals surface area contributed by atoms with Crippen LogP contribution in [0.3, 0.4) is 0 Å². The first kappa shape index (κ1) is 69.6. The van der Waals surface area contributed by atoms with Crippen molar-refractivity contribution in [3.63, 3.8) is 0 Å². The lowest BCUT2D eigenvalue weighted by molar-refractivity contribution is -0.507. The number of allylic oxidation sites excluding steroid dienone is 1. The highest BCUT2D eigenvalue weighted by Gasteiger charge is 2.09. The first-order valence-corrected chi connectivity index (χ1v) is 28.4. The first-order chi connectivity index (χ1) is 41.8. The van der Waals surface area contributed by atoms with Crippen molar-refractivity contribution >= 4 is 91.9 Å². The minimum absolute atomic E-state index is 0.748. The van der Waals surface area contributed by atoms with E-state index in [9.17, 15) is 0 Å². The van der Waals surface area contributed by atoms with Crippen LogP contribution in [0.4, 0.5) is 22.7 Å². The number of terminal acetylenes is 1. The molecule has 3 aliphatic rings. The number of hydrogen-bond acceptors (Lipinski definition) is 6. The summed E-state index contributed by atoms with van der Waals surface area (Å²) in [6, 6.07) is 57.6. The molecule has 15 heteroatoms. The molecule has 85 heavy (non-hydrogen) atoms. The number of benzene rings is 7. The molecule has 0 radical (unpaired) electrons. The van der Waals surface area contributed by atoms with Gasteiger partial charge in [-0.2, -0.15) is 18.0 Å². The number of imidazole rings is 2. The fraction of sp³-hybridized carbons (Fsp3) is 0.143. The third kappa shape index (κ3) is 28.7. The molecular formula is C70H77N12PS2+2. The average molecular weight is 1180 g/mol. The molecule has 0 amide bonds. The molecule has 0 unspecified atom stereocenters. The molecule has 7 aromatic carbocycles. The van der Waals surface area contributed by atoms with Gasteiger partial charge in [0.1, 0.15) is 7.05 Å². The van der Waals surface area contributed by atoms with Crippen molar-refractivity contribution in [3.05, 3.63) is 298 Å². The summed E-state index contributed by atoms with van der Waals surface area (Å²) in [5.74, 6) is 2.60. The number of aryl methyl sites for hydroxylation is 6. The Hall–Kier alpha value is -9.71. The zero-order chi connectivity index (χ0) is 63.2. The molecule has 0 saturated heterocycles. The molecule has 10 aromatic rings. The van der Waals surface area contributed by atoms with E-state index in [1.165, 1.54) is 45.1 Å². The minimum Gasteiger partial charge on any atom is -0.361 e. The molecule has 0 aliphatic carbocycles. The van der Waals surface area contributed by atoms with E-state index in [0.29, 0.717) is 0 Å². The van der Waals surface area contributed by atoms with Crippen LogP contribution in [0.2, 0.25) is 0 Å². The molecule has 0 bridgehead atoms. The van der Waals surface area contributed by atoms with E-state index in [-0.39, 0.29) is 0 Å². The lowest BCUT2D eigenvalue weighted by Crippen LogP contribution is -2.75. The van der Waals surface area contributed by atoms with Gasteiger partial charge in [0.05, 0.1) is 38.3 Å². The number of hydrogen-bond donors (Lipinski definition) is 5. The maximum atomic E-state index is 6.92. The Morgan fingerprint density at radius 1 is 0.635 bits per heavy atom. The Morgan fingerprint density at radius 2 is 1.12 bits per heavy atom. The summed E-state index contributed by atoms with van der Waals surface area (Å²) in [5.41, 5.74) is 17.6. The molecule has 3 aromatic heterocycles. The predicted molar refractivity (Wildman–Crippen MR) is 369 cm³/mol. The quantitative estimate of drug-likeness (QED) is 0.0366. The van der Waals surface area contributed by atoms with Gasteiger partial charge in [0, 0.05) is 79.5 Å². The van der Waals surface area contributed by atoms with Gasteiger partial charge in [-0.05, 0) is 119 Å². The zero-order valence-corrected chi connectivity index (χ0v) is 52.3. The SMILES string of the molecule is C#Cc1ccccc1C.C1=Nc2ccccc2C1.C1=Nc2ccccc2C1.CC1=C[NH2+]C=[N+]1C.Cc1cccc(C=N)c1.Cc1cnc[nH]1.Cc1cnc[nH]1.P=S.[2H]S.[C-]#[N+]c1ccccc1C.[C-]#[N+]c1ccccc1C.c1ccc2[nH]ccc2c1. The molecule has 0 atom stereocenters. The molecule has 432 valence electrons. The summed E-state index contributed by atoms with van der Waals surface area (Å²) in [6.07, 6.45) is 25.4. The number of nitrogens with two attached hydrogens (primary N) is 1. The van der Waals surface area contributed by atoms with Gasteiger partial charge in [-0.1, -0.05) is 169 Å². The molecule has 12 nitrogen and oxygen atoms in total. The van der Waals surface area contributed by atoms with Crippen LogP contribution in [0.25, 0.3) is 20.6 Å². The molecule has 6 heterocycles. The van der Waals surface area contributed by atoms with E-state index in [1.807, 2.05) is 224 Å². The van der Waals surface area contributed by atoms with Gasteiger partial charge in [0.25, 0.3) is 0 Å².